The second kappa shape index (κ2) is 6.00. The molecule has 0 saturated carbocycles. The van der Waals surface area contributed by atoms with Gasteiger partial charge in [0.25, 0.3) is 0 Å². The first-order chi connectivity index (χ1) is 9.45. The van der Waals surface area contributed by atoms with Crippen molar-refractivity contribution in [1.82, 2.24) is 24.9 Å². The van der Waals surface area contributed by atoms with Gasteiger partial charge in [0, 0.05) is 31.8 Å². The average molecular weight is 294 g/mol. The number of rotatable bonds is 4. The predicted octanol–water partition coefficient (Wildman–Crippen LogP) is 2.06. The summed E-state index contributed by atoms with van der Waals surface area (Å²) in [6.07, 6.45) is 3.62. The quantitative estimate of drug-likeness (QED) is 0.936. The molecule has 0 unspecified atom stereocenters. The molecule has 8 heteroatoms. The summed E-state index contributed by atoms with van der Waals surface area (Å²) in [7, 11) is 3.57. The SMILES string of the molecule is CC(C)c1nnc(NC(=O)N(C)Cc2cnn(C)c2)s1. The van der Waals surface area contributed by atoms with Gasteiger partial charge in [-0.25, -0.2) is 4.79 Å². The van der Waals surface area contributed by atoms with Crippen LogP contribution in [0.4, 0.5) is 9.93 Å². The molecule has 0 saturated heterocycles. The Morgan fingerprint density at radius 3 is 2.80 bits per heavy atom. The zero-order valence-corrected chi connectivity index (χ0v) is 12.8. The van der Waals surface area contributed by atoms with Crippen LogP contribution < -0.4 is 5.32 Å². The fourth-order valence-electron chi connectivity index (χ4n) is 1.60. The van der Waals surface area contributed by atoms with Crippen LogP contribution in [0.15, 0.2) is 12.4 Å². The first-order valence-electron chi connectivity index (χ1n) is 6.28. The van der Waals surface area contributed by atoms with Crippen molar-refractivity contribution in [1.29, 1.82) is 0 Å². The van der Waals surface area contributed by atoms with Crippen LogP contribution in [0.3, 0.4) is 0 Å². The molecule has 0 spiro atoms. The van der Waals surface area contributed by atoms with Gasteiger partial charge in [-0.3, -0.25) is 10.00 Å². The smallest absolute Gasteiger partial charge is 0.323 e. The van der Waals surface area contributed by atoms with Crippen molar-refractivity contribution in [2.24, 2.45) is 7.05 Å². The van der Waals surface area contributed by atoms with Gasteiger partial charge in [-0.15, -0.1) is 10.2 Å². The number of urea groups is 1. The van der Waals surface area contributed by atoms with Gasteiger partial charge in [0.05, 0.1) is 12.7 Å². The van der Waals surface area contributed by atoms with Crippen LogP contribution >= 0.6 is 11.3 Å². The average Bonchev–Trinajstić information content (AvgIpc) is 2.98. The van der Waals surface area contributed by atoms with Crippen molar-refractivity contribution < 1.29 is 4.79 Å². The summed E-state index contributed by atoms with van der Waals surface area (Å²) in [6, 6.07) is -0.208. The van der Waals surface area contributed by atoms with Crippen LogP contribution in [0.1, 0.15) is 30.3 Å². The Morgan fingerprint density at radius 2 is 2.25 bits per heavy atom. The molecule has 7 nitrogen and oxygen atoms in total. The maximum absolute atomic E-state index is 12.0. The van der Waals surface area contributed by atoms with Gasteiger partial charge in [-0.2, -0.15) is 5.10 Å². The molecule has 0 bridgehead atoms. The number of anilines is 1. The number of carbonyl (C=O) groups is 1. The molecule has 0 fully saturated rings. The summed E-state index contributed by atoms with van der Waals surface area (Å²) in [4.78, 5) is 13.6. The van der Waals surface area contributed by atoms with Gasteiger partial charge in [0.2, 0.25) is 5.13 Å². The third-order valence-electron chi connectivity index (χ3n) is 2.67. The van der Waals surface area contributed by atoms with Gasteiger partial charge in [-0.1, -0.05) is 25.2 Å². The van der Waals surface area contributed by atoms with Crippen LogP contribution in [-0.2, 0) is 13.6 Å². The second-order valence-electron chi connectivity index (χ2n) is 4.91. The van der Waals surface area contributed by atoms with E-state index in [0.717, 1.165) is 10.6 Å². The Hall–Kier alpha value is -1.96. The summed E-state index contributed by atoms with van der Waals surface area (Å²) in [5.74, 6) is 0.311. The number of aromatic nitrogens is 4. The highest BCUT2D eigenvalue weighted by atomic mass is 32.1. The van der Waals surface area contributed by atoms with E-state index in [1.165, 1.54) is 11.3 Å². The van der Waals surface area contributed by atoms with Gasteiger partial charge in [-0.05, 0) is 0 Å². The zero-order valence-electron chi connectivity index (χ0n) is 12.0. The molecule has 1 N–H and O–H groups in total. The van der Waals surface area contributed by atoms with E-state index in [1.807, 2.05) is 27.1 Å². The number of nitrogens with one attached hydrogen (secondary N) is 1. The Balaban J connectivity index is 1.93. The Kier molecular flexibility index (Phi) is 4.33. The first kappa shape index (κ1) is 14.4. The maximum atomic E-state index is 12.0. The standard InChI is InChI=1S/C12H18N6OS/c1-8(2)10-15-16-11(20-10)14-12(19)17(3)6-9-5-13-18(4)7-9/h5,7-8H,6H2,1-4H3,(H,14,16,19). The van der Waals surface area contributed by atoms with Gasteiger partial charge >= 0.3 is 6.03 Å². The number of nitrogens with zero attached hydrogens (tertiary/aromatic N) is 5. The highest BCUT2D eigenvalue weighted by Gasteiger charge is 2.14. The molecule has 108 valence electrons. The molecule has 0 aliphatic carbocycles. The molecule has 0 aliphatic rings. The molecule has 0 aliphatic heterocycles. The Labute approximate surface area is 121 Å². The lowest BCUT2D eigenvalue weighted by Crippen LogP contribution is -2.30. The van der Waals surface area contributed by atoms with Crippen molar-refractivity contribution in [2.45, 2.75) is 26.3 Å². The van der Waals surface area contributed by atoms with Crippen molar-refractivity contribution in [3.05, 3.63) is 23.0 Å². The molecule has 2 rings (SSSR count). The molecule has 0 radical (unpaired) electrons. The van der Waals surface area contributed by atoms with E-state index in [2.05, 4.69) is 20.6 Å². The van der Waals surface area contributed by atoms with E-state index in [4.69, 9.17) is 0 Å². The van der Waals surface area contributed by atoms with Crippen LogP contribution in [0.25, 0.3) is 0 Å². The summed E-state index contributed by atoms with van der Waals surface area (Å²) in [5.41, 5.74) is 0.977. The van der Waals surface area contributed by atoms with Crippen molar-refractivity contribution >= 4 is 22.5 Å². The highest BCUT2D eigenvalue weighted by molar-refractivity contribution is 7.15. The number of hydrogen-bond acceptors (Lipinski definition) is 5. The van der Waals surface area contributed by atoms with E-state index in [9.17, 15) is 4.79 Å². The zero-order chi connectivity index (χ0) is 14.7. The second-order valence-corrected chi connectivity index (χ2v) is 5.92. The molecule has 2 amide bonds. The normalized spacial score (nSPS) is 10.8. The van der Waals surface area contributed by atoms with Crippen molar-refractivity contribution in [3.8, 4) is 0 Å². The van der Waals surface area contributed by atoms with Gasteiger partial charge in [0.1, 0.15) is 5.01 Å². The van der Waals surface area contributed by atoms with Crippen molar-refractivity contribution in [2.75, 3.05) is 12.4 Å². The number of aryl methyl sites for hydroxylation is 1. The molecule has 20 heavy (non-hydrogen) atoms. The summed E-state index contributed by atoms with van der Waals surface area (Å²) >= 11 is 1.40. The predicted molar refractivity (Wildman–Crippen MR) is 77.7 cm³/mol. The lowest BCUT2D eigenvalue weighted by atomic mass is 10.2. The largest absolute Gasteiger partial charge is 0.323 e. The van der Waals surface area contributed by atoms with Crippen LogP contribution in [0.5, 0.6) is 0 Å². The van der Waals surface area contributed by atoms with E-state index in [-0.39, 0.29) is 6.03 Å². The van der Waals surface area contributed by atoms with E-state index >= 15 is 0 Å². The minimum atomic E-state index is -0.208. The van der Waals surface area contributed by atoms with E-state index in [1.54, 1.807) is 22.8 Å². The molecular weight excluding hydrogens is 276 g/mol. The molecule has 2 heterocycles. The van der Waals surface area contributed by atoms with E-state index < -0.39 is 0 Å². The van der Waals surface area contributed by atoms with Crippen LogP contribution in [0, 0.1) is 0 Å². The van der Waals surface area contributed by atoms with Gasteiger partial charge in [0.15, 0.2) is 0 Å². The van der Waals surface area contributed by atoms with Crippen LogP contribution in [-0.4, -0.2) is 38.0 Å². The molecule has 2 aromatic heterocycles. The Morgan fingerprint density at radius 1 is 1.50 bits per heavy atom. The minimum Gasteiger partial charge on any atom is -0.323 e. The van der Waals surface area contributed by atoms with Crippen LogP contribution in [0.2, 0.25) is 0 Å². The molecule has 0 atom stereocenters. The molecular formula is C12H18N6OS. The lowest BCUT2D eigenvalue weighted by molar-refractivity contribution is 0.220. The van der Waals surface area contributed by atoms with Gasteiger partial charge < -0.3 is 4.90 Å². The van der Waals surface area contributed by atoms with Crippen molar-refractivity contribution in [3.63, 3.8) is 0 Å². The topological polar surface area (TPSA) is 75.9 Å². The number of amides is 2. The maximum Gasteiger partial charge on any atom is 0.323 e. The number of hydrogen-bond donors (Lipinski definition) is 1. The number of carbonyl (C=O) groups excluding carboxylic acids is 1. The monoisotopic (exact) mass is 294 g/mol. The van der Waals surface area contributed by atoms with E-state index in [0.29, 0.717) is 17.6 Å². The fraction of sp³-hybridized carbons (Fsp3) is 0.500. The first-order valence-corrected chi connectivity index (χ1v) is 7.10. The summed E-state index contributed by atoms with van der Waals surface area (Å²) < 4.78 is 1.71. The highest BCUT2D eigenvalue weighted by Crippen LogP contribution is 2.22. The molecule has 2 aromatic rings. The lowest BCUT2D eigenvalue weighted by Gasteiger charge is -2.15. The third kappa shape index (κ3) is 3.53. The Bertz CT molecular complexity index is 590. The summed E-state index contributed by atoms with van der Waals surface area (Å²) in [5, 5.41) is 16.3. The summed E-state index contributed by atoms with van der Waals surface area (Å²) in [6.45, 7) is 4.58. The minimum absolute atomic E-state index is 0.208. The third-order valence-corrected chi connectivity index (χ3v) is 3.81. The molecule has 0 aromatic carbocycles. The fourth-order valence-corrected chi connectivity index (χ4v) is 2.34.